The summed E-state index contributed by atoms with van der Waals surface area (Å²) in [6, 6.07) is 3.55. The predicted molar refractivity (Wildman–Crippen MR) is 180 cm³/mol. The molecule has 1 aromatic rings. The third kappa shape index (κ3) is 17.9. The van der Waals surface area contributed by atoms with Crippen LogP contribution in [0.1, 0.15) is 68.6 Å². The van der Waals surface area contributed by atoms with Crippen LogP contribution in [0, 0.1) is 0 Å². The van der Waals surface area contributed by atoms with E-state index in [0.717, 1.165) is 64.7 Å². The number of rotatable bonds is 20. The van der Waals surface area contributed by atoms with E-state index in [-0.39, 0.29) is 17.9 Å². The quantitative estimate of drug-likeness (QED) is 0.183. The number of pyridine rings is 1. The molecule has 1 fully saturated rings. The first-order valence-corrected chi connectivity index (χ1v) is 15.9. The summed E-state index contributed by atoms with van der Waals surface area (Å²) >= 11 is 0. The molecule has 0 saturated carbocycles. The molecule has 2 N–H and O–H groups in total. The van der Waals surface area contributed by atoms with Crippen molar-refractivity contribution in [2.45, 2.75) is 64.3 Å². The summed E-state index contributed by atoms with van der Waals surface area (Å²) in [5, 5.41) is 6.11. The number of nitrogens with zero attached hydrogens (tertiary/aromatic N) is 3. The Morgan fingerprint density at radius 1 is 0.791 bits per heavy atom. The molecule has 2 heterocycles. The molecule has 1 saturated heterocycles. The minimum Gasteiger partial charge on any atom is -0.354 e. The van der Waals surface area contributed by atoms with Crippen molar-refractivity contribution in [3.63, 3.8) is 0 Å². The molecule has 0 spiro atoms. The SMILES string of the molecule is CC/C=C\C/C=C\C/C=C\C/C=C\C/C=C\C/C=C\CCC(=O)NCC(CNC(=O)c1cccnc1)N1CCN(C)CC1. The van der Waals surface area contributed by atoms with E-state index < -0.39 is 0 Å². The van der Waals surface area contributed by atoms with Gasteiger partial charge in [0.15, 0.2) is 0 Å². The minimum absolute atomic E-state index is 0.0391. The van der Waals surface area contributed by atoms with Crippen LogP contribution < -0.4 is 10.6 Å². The highest BCUT2D eigenvalue weighted by Gasteiger charge is 2.23. The molecular formula is C36H53N5O2. The summed E-state index contributed by atoms with van der Waals surface area (Å²) in [4.78, 5) is 33.7. The topological polar surface area (TPSA) is 77.6 Å². The predicted octanol–water partition coefficient (Wildman–Crippen LogP) is 6.02. The summed E-state index contributed by atoms with van der Waals surface area (Å²) < 4.78 is 0. The number of amides is 2. The maximum absolute atomic E-state index is 12.5. The number of allylic oxidation sites excluding steroid dienone is 12. The number of carbonyl (C=O) groups is 2. The van der Waals surface area contributed by atoms with Crippen molar-refractivity contribution in [1.29, 1.82) is 0 Å². The Morgan fingerprint density at radius 2 is 1.33 bits per heavy atom. The minimum atomic E-state index is -0.142. The molecule has 1 aromatic heterocycles. The van der Waals surface area contributed by atoms with Gasteiger partial charge < -0.3 is 15.5 Å². The lowest BCUT2D eigenvalue weighted by molar-refractivity contribution is -0.121. The largest absolute Gasteiger partial charge is 0.354 e. The first kappa shape index (κ1) is 35.6. The van der Waals surface area contributed by atoms with Crippen LogP contribution >= 0.6 is 0 Å². The molecule has 0 radical (unpaired) electrons. The van der Waals surface area contributed by atoms with Gasteiger partial charge in [0.2, 0.25) is 5.91 Å². The van der Waals surface area contributed by atoms with E-state index in [0.29, 0.717) is 31.5 Å². The fourth-order valence-electron chi connectivity index (χ4n) is 4.50. The van der Waals surface area contributed by atoms with E-state index in [4.69, 9.17) is 0 Å². The Labute approximate surface area is 260 Å². The summed E-state index contributed by atoms with van der Waals surface area (Å²) in [7, 11) is 2.12. The van der Waals surface area contributed by atoms with Crippen LogP contribution in [-0.4, -0.2) is 79.0 Å². The zero-order chi connectivity index (χ0) is 30.8. The van der Waals surface area contributed by atoms with Crippen molar-refractivity contribution in [3.8, 4) is 0 Å². The molecule has 2 amide bonds. The van der Waals surface area contributed by atoms with Gasteiger partial charge in [-0.3, -0.25) is 19.5 Å². The summed E-state index contributed by atoms with van der Waals surface area (Å²) in [6.07, 6.45) is 36.4. The molecule has 43 heavy (non-hydrogen) atoms. The van der Waals surface area contributed by atoms with Gasteiger partial charge in [0, 0.05) is 64.1 Å². The zero-order valence-corrected chi connectivity index (χ0v) is 26.4. The second kappa shape index (κ2) is 24.0. The number of hydrogen-bond acceptors (Lipinski definition) is 5. The molecule has 1 atom stereocenters. The van der Waals surface area contributed by atoms with Gasteiger partial charge in [-0.15, -0.1) is 0 Å². The second-order valence-electron chi connectivity index (χ2n) is 10.7. The number of likely N-dealkylation sites (N-methyl/N-ethyl adjacent to an activating group) is 1. The first-order chi connectivity index (χ1) is 21.1. The van der Waals surface area contributed by atoms with Crippen molar-refractivity contribution < 1.29 is 9.59 Å². The van der Waals surface area contributed by atoms with Crippen molar-refractivity contribution in [2.24, 2.45) is 0 Å². The molecule has 234 valence electrons. The maximum Gasteiger partial charge on any atom is 0.252 e. The molecular weight excluding hydrogens is 534 g/mol. The number of carbonyl (C=O) groups excluding carboxylic acids is 2. The maximum atomic E-state index is 12.5. The molecule has 0 aliphatic carbocycles. The van der Waals surface area contributed by atoms with Crippen LogP contribution in [0.15, 0.2) is 97.4 Å². The average Bonchev–Trinajstić information content (AvgIpc) is 3.03. The van der Waals surface area contributed by atoms with E-state index in [1.165, 1.54) is 0 Å². The van der Waals surface area contributed by atoms with Gasteiger partial charge in [-0.2, -0.15) is 0 Å². The van der Waals surface area contributed by atoms with Crippen LogP contribution in [-0.2, 0) is 4.79 Å². The van der Waals surface area contributed by atoms with E-state index in [1.807, 2.05) is 0 Å². The normalized spacial score (nSPS) is 16.0. The molecule has 0 aromatic carbocycles. The third-order valence-corrected chi connectivity index (χ3v) is 7.15. The highest BCUT2D eigenvalue weighted by molar-refractivity contribution is 5.93. The van der Waals surface area contributed by atoms with E-state index in [2.05, 4.69) is 112 Å². The number of piperazine rings is 1. The van der Waals surface area contributed by atoms with Crippen LogP contribution in [0.5, 0.6) is 0 Å². The fraction of sp³-hybridized carbons (Fsp3) is 0.472. The number of aromatic nitrogens is 1. The Hall–Kier alpha value is -3.55. The lowest BCUT2D eigenvalue weighted by Crippen LogP contribution is -2.56. The van der Waals surface area contributed by atoms with Gasteiger partial charge in [0.05, 0.1) is 5.56 Å². The average molecular weight is 588 g/mol. The van der Waals surface area contributed by atoms with Crippen molar-refractivity contribution in [3.05, 3.63) is 103 Å². The van der Waals surface area contributed by atoms with Gasteiger partial charge in [0.1, 0.15) is 0 Å². The van der Waals surface area contributed by atoms with Crippen LogP contribution in [0.2, 0.25) is 0 Å². The lowest BCUT2D eigenvalue weighted by Gasteiger charge is -2.38. The van der Waals surface area contributed by atoms with Crippen molar-refractivity contribution >= 4 is 11.8 Å². The standard InChI is InChI=1S/C36H53N5O2/c1-3-4-5-6-7-8-9-10-11-12-13-14-15-16-17-18-19-20-21-24-35(42)38-31-34(41-28-26-40(2)27-29-41)32-39-36(43)33-23-22-25-37-30-33/h4-5,7-8,10-11,13-14,16-17,19-20,22-23,25,30,34H,3,6,9,12,15,18,21,24,26-29,31-32H2,1-2H3,(H,38,42)(H,39,43)/b5-4-,8-7-,11-10-,14-13-,17-16-,20-19-. The van der Waals surface area contributed by atoms with E-state index in [1.54, 1.807) is 24.5 Å². The summed E-state index contributed by atoms with van der Waals surface area (Å²) in [5.41, 5.74) is 0.542. The third-order valence-electron chi connectivity index (χ3n) is 7.15. The monoisotopic (exact) mass is 587 g/mol. The zero-order valence-electron chi connectivity index (χ0n) is 26.4. The molecule has 0 bridgehead atoms. The summed E-state index contributed by atoms with van der Waals surface area (Å²) in [5.74, 6) is -0.103. The number of nitrogens with one attached hydrogen (secondary N) is 2. The Bertz CT molecular complexity index is 1070. The molecule has 1 aliphatic heterocycles. The Morgan fingerprint density at radius 3 is 1.86 bits per heavy atom. The smallest absolute Gasteiger partial charge is 0.252 e. The van der Waals surface area contributed by atoms with E-state index in [9.17, 15) is 9.59 Å². The summed E-state index contributed by atoms with van der Waals surface area (Å²) in [6.45, 7) is 6.92. The van der Waals surface area contributed by atoms with E-state index >= 15 is 0 Å². The van der Waals surface area contributed by atoms with Crippen LogP contribution in [0.3, 0.4) is 0 Å². The molecule has 1 unspecified atom stereocenters. The second-order valence-corrected chi connectivity index (χ2v) is 10.7. The van der Waals surface area contributed by atoms with Crippen molar-refractivity contribution in [1.82, 2.24) is 25.4 Å². The van der Waals surface area contributed by atoms with Gasteiger partial charge in [0.25, 0.3) is 5.91 Å². The van der Waals surface area contributed by atoms with Gasteiger partial charge in [-0.25, -0.2) is 0 Å². The first-order valence-electron chi connectivity index (χ1n) is 15.9. The van der Waals surface area contributed by atoms with Gasteiger partial charge in [-0.1, -0.05) is 79.8 Å². The molecule has 7 nitrogen and oxygen atoms in total. The van der Waals surface area contributed by atoms with Crippen LogP contribution in [0.25, 0.3) is 0 Å². The molecule has 1 aliphatic rings. The van der Waals surface area contributed by atoms with Crippen molar-refractivity contribution in [2.75, 3.05) is 46.3 Å². The Balaban J connectivity index is 1.59. The lowest BCUT2D eigenvalue weighted by atomic mass is 10.1. The van der Waals surface area contributed by atoms with Crippen LogP contribution in [0.4, 0.5) is 0 Å². The highest BCUT2D eigenvalue weighted by Crippen LogP contribution is 2.06. The Kier molecular flexibility index (Phi) is 19.9. The number of hydrogen-bond donors (Lipinski definition) is 2. The molecule has 7 heteroatoms. The fourth-order valence-corrected chi connectivity index (χ4v) is 4.50. The van der Waals surface area contributed by atoms with Gasteiger partial charge >= 0.3 is 0 Å². The van der Waals surface area contributed by atoms with Gasteiger partial charge in [-0.05, 0) is 64.1 Å². The highest BCUT2D eigenvalue weighted by atomic mass is 16.2. The molecule has 2 rings (SSSR count).